The number of rotatable bonds is 2. The van der Waals surface area contributed by atoms with E-state index in [2.05, 4.69) is 0 Å². The largest absolute Gasteiger partial charge is 0.507 e. The van der Waals surface area contributed by atoms with Gasteiger partial charge in [0, 0.05) is 0 Å². The second-order valence-electron chi connectivity index (χ2n) is 5.21. The molecule has 30 heavy (non-hydrogen) atoms. The average molecular weight is 446 g/mol. The van der Waals surface area contributed by atoms with Crippen molar-refractivity contribution in [2.24, 2.45) is 0 Å². The monoisotopic (exact) mass is 445 g/mol. The molecule has 8 heteroatoms. The van der Waals surface area contributed by atoms with Crippen molar-refractivity contribution in [1.29, 1.82) is 0 Å². The topological polar surface area (TPSA) is 57.6 Å². The van der Waals surface area contributed by atoms with Crippen LogP contribution in [0.15, 0.2) is 36.4 Å². The maximum absolute atomic E-state index is 12.9. The SMILES string of the molecule is CC.CC.CC.O=C1c2cccc(O)c2C(=O)N1Cc1ccc(Cl)c(C(F)(F)F)c1. The molecule has 2 amide bonds. The van der Waals surface area contributed by atoms with Crippen LogP contribution >= 0.6 is 11.6 Å². The van der Waals surface area contributed by atoms with Gasteiger partial charge in [0.15, 0.2) is 0 Å². The van der Waals surface area contributed by atoms with E-state index in [9.17, 15) is 27.9 Å². The molecule has 0 unspecified atom stereocenters. The fourth-order valence-corrected chi connectivity index (χ4v) is 2.75. The van der Waals surface area contributed by atoms with Gasteiger partial charge in [0.2, 0.25) is 0 Å². The van der Waals surface area contributed by atoms with E-state index in [-0.39, 0.29) is 29.0 Å². The van der Waals surface area contributed by atoms with Crippen LogP contribution in [-0.4, -0.2) is 21.8 Å². The second-order valence-corrected chi connectivity index (χ2v) is 5.62. The summed E-state index contributed by atoms with van der Waals surface area (Å²) in [6.07, 6.45) is -4.65. The van der Waals surface area contributed by atoms with E-state index in [1.165, 1.54) is 24.3 Å². The van der Waals surface area contributed by atoms with Crippen molar-refractivity contribution in [3.8, 4) is 5.75 Å². The first-order valence-corrected chi connectivity index (χ1v) is 10.1. The number of fused-ring (bicyclic) bond motifs is 1. The molecule has 3 rings (SSSR count). The van der Waals surface area contributed by atoms with Crippen molar-refractivity contribution in [1.82, 2.24) is 4.90 Å². The average Bonchev–Trinajstić information content (AvgIpc) is 2.99. The fraction of sp³-hybridized carbons (Fsp3) is 0.364. The molecule has 1 N–H and O–H groups in total. The zero-order valence-corrected chi connectivity index (χ0v) is 18.6. The van der Waals surface area contributed by atoms with Crippen molar-refractivity contribution in [3.05, 3.63) is 63.7 Å². The first-order chi connectivity index (χ1) is 14.2. The molecule has 166 valence electrons. The minimum absolute atomic E-state index is 0.0185. The number of halogens is 4. The van der Waals surface area contributed by atoms with Gasteiger partial charge in [-0.05, 0) is 29.8 Å². The van der Waals surface area contributed by atoms with Gasteiger partial charge in [-0.2, -0.15) is 13.2 Å². The van der Waals surface area contributed by atoms with Crippen LogP contribution in [0.3, 0.4) is 0 Å². The fourth-order valence-electron chi connectivity index (χ4n) is 2.53. The van der Waals surface area contributed by atoms with Crippen LogP contribution < -0.4 is 0 Å². The third-order valence-electron chi connectivity index (χ3n) is 3.65. The Morgan fingerprint density at radius 1 is 0.933 bits per heavy atom. The number of phenolic OH excluding ortho intramolecular Hbond substituents is 1. The molecule has 0 bridgehead atoms. The predicted octanol–water partition coefficient (Wildman–Crippen LogP) is 6.94. The van der Waals surface area contributed by atoms with E-state index < -0.39 is 28.6 Å². The molecule has 0 radical (unpaired) electrons. The maximum Gasteiger partial charge on any atom is 0.417 e. The molecular formula is C22H27ClF3NO3. The predicted molar refractivity (Wildman–Crippen MR) is 113 cm³/mol. The van der Waals surface area contributed by atoms with Crippen LogP contribution in [-0.2, 0) is 12.7 Å². The summed E-state index contributed by atoms with van der Waals surface area (Å²) in [5.74, 6) is -1.77. The van der Waals surface area contributed by atoms with E-state index in [4.69, 9.17) is 11.6 Å². The van der Waals surface area contributed by atoms with Crippen molar-refractivity contribution >= 4 is 23.4 Å². The number of imide groups is 1. The summed E-state index contributed by atoms with van der Waals surface area (Å²) in [5, 5.41) is 9.26. The quantitative estimate of drug-likeness (QED) is 0.509. The second kappa shape index (κ2) is 12.2. The van der Waals surface area contributed by atoms with Crippen molar-refractivity contribution in [3.63, 3.8) is 0 Å². The highest BCUT2D eigenvalue weighted by atomic mass is 35.5. The summed E-state index contributed by atoms with van der Waals surface area (Å²) in [4.78, 5) is 25.3. The van der Waals surface area contributed by atoms with Gasteiger partial charge in [-0.25, -0.2) is 0 Å². The molecule has 1 aliphatic heterocycles. The van der Waals surface area contributed by atoms with Crippen LogP contribution in [0, 0.1) is 0 Å². The Kier molecular flexibility index (Phi) is 11.2. The first kappa shape index (κ1) is 27.5. The molecule has 4 nitrogen and oxygen atoms in total. The lowest BCUT2D eigenvalue weighted by Gasteiger charge is -2.16. The van der Waals surface area contributed by atoms with E-state index in [1.807, 2.05) is 41.5 Å². The highest BCUT2D eigenvalue weighted by Crippen LogP contribution is 2.36. The third-order valence-corrected chi connectivity index (χ3v) is 3.98. The van der Waals surface area contributed by atoms with Crippen molar-refractivity contribution in [2.45, 2.75) is 54.3 Å². The van der Waals surface area contributed by atoms with Gasteiger partial charge in [0.1, 0.15) is 5.75 Å². The Bertz CT molecular complexity index is 867. The zero-order valence-electron chi connectivity index (χ0n) is 17.9. The summed E-state index contributed by atoms with van der Waals surface area (Å²) in [6.45, 7) is 11.6. The van der Waals surface area contributed by atoms with Gasteiger partial charge in [0.05, 0.1) is 28.3 Å². The number of benzene rings is 2. The number of phenols is 1. The molecule has 0 fully saturated rings. The van der Waals surface area contributed by atoms with Gasteiger partial charge in [-0.15, -0.1) is 0 Å². The molecule has 0 saturated carbocycles. The highest BCUT2D eigenvalue weighted by Gasteiger charge is 2.38. The van der Waals surface area contributed by atoms with Crippen LogP contribution in [0.2, 0.25) is 5.02 Å². The number of hydrogen-bond acceptors (Lipinski definition) is 3. The number of carbonyl (C=O) groups excluding carboxylic acids is 2. The van der Waals surface area contributed by atoms with Gasteiger partial charge in [0.25, 0.3) is 11.8 Å². The summed E-state index contributed by atoms with van der Waals surface area (Å²) < 4.78 is 38.7. The smallest absolute Gasteiger partial charge is 0.417 e. The van der Waals surface area contributed by atoms with Gasteiger partial charge < -0.3 is 5.11 Å². The molecule has 0 saturated heterocycles. The van der Waals surface area contributed by atoms with Crippen LogP contribution in [0.1, 0.15) is 73.4 Å². The molecule has 0 atom stereocenters. The molecule has 2 aromatic carbocycles. The number of carbonyl (C=O) groups is 2. The number of hydrogen-bond donors (Lipinski definition) is 1. The van der Waals surface area contributed by atoms with Gasteiger partial charge in [-0.1, -0.05) is 65.3 Å². The Labute approximate surface area is 180 Å². The number of amides is 2. The first-order valence-electron chi connectivity index (χ1n) is 9.74. The third kappa shape index (κ3) is 5.98. The van der Waals surface area contributed by atoms with Crippen molar-refractivity contribution < 1.29 is 27.9 Å². The minimum atomic E-state index is -4.65. The summed E-state index contributed by atoms with van der Waals surface area (Å²) in [6, 6.07) is 7.21. The van der Waals surface area contributed by atoms with Crippen LogP contribution in [0.25, 0.3) is 0 Å². The number of alkyl halides is 3. The Balaban J connectivity index is 0.00000129. The van der Waals surface area contributed by atoms with Crippen molar-refractivity contribution in [2.75, 3.05) is 0 Å². The van der Waals surface area contributed by atoms with Gasteiger partial charge in [-0.3, -0.25) is 14.5 Å². The maximum atomic E-state index is 12.9. The van der Waals surface area contributed by atoms with E-state index in [0.29, 0.717) is 0 Å². The number of aromatic hydroxyl groups is 1. The molecule has 2 aromatic rings. The molecular weight excluding hydrogens is 419 g/mol. The molecule has 1 heterocycles. The van der Waals surface area contributed by atoms with E-state index in [1.54, 1.807) is 0 Å². The lowest BCUT2D eigenvalue weighted by molar-refractivity contribution is -0.137. The molecule has 0 aliphatic carbocycles. The summed E-state index contributed by atoms with van der Waals surface area (Å²) >= 11 is 5.55. The Morgan fingerprint density at radius 3 is 2.00 bits per heavy atom. The van der Waals surface area contributed by atoms with E-state index in [0.717, 1.165) is 17.0 Å². The highest BCUT2D eigenvalue weighted by molar-refractivity contribution is 6.31. The number of nitrogens with zero attached hydrogens (tertiary/aromatic N) is 1. The lowest BCUT2D eigenvalue weighted by atomic mass is 10.1. The Morgan fingerprint density at radius 2 is 1.50 bits per heavy atom. The zero-order chi connectivity index (χ0) is 23.6. The lowest BCUT2D eigenvalue weighted by Crippen LogP contribution is -2.29. The van der Waals surface area contributed by atoms with Gasteiger partial charge >= 0.3 is 6.18 Å². The van der Waals surface area contributed by atoms with Crippen LogP contribution in [0.5, 0.6) is 5.75 Å². The Hall–Kier alpha value is -2.54. The molecule has 0 aromatic heterocycles. The molecule has 1 aliphatic rings. The standard InChI is InChI=1S/C16H9ClF3NO3.3C2H6/c17-11-5-4-8(6-10(11)16(18,19)20)7-21-14(23)9-2-1-3-12(22)13(9)15(21)24;3*1-2/h1-6,22H,7H2;3*1-2H3. The van der Waals surface area contributed by atoms with E-state index >= 15 is 0 Å². The normalized spacial score (nSPS) is 12.0. The molecule has 0 spiro atoms. The summed E-state index contributed by atoms with van der Waals surface area (Å²) in [7, 11) is 0. The van der Waals surface area contributed by atoms with Crippen LogP contribution in [0.4, 0.5) is 13.2 Å². The summed E-state index contributed by atoms with van der Waals surface area (Å²) in [5.41, 5.74) is -1.07. The minimum Gasteiger partial charge on any atom is -0.507 e.